The van der Waals surface area contributed by atoms with E-state index in [-0.39, 0.29) is 31.0 Å². The van der Waals surface area contributed by atoms with Gasteiger partial charge in [0.2, 0.25) is 15.9 Å². The minimum Gasteiger partial charge on any atom is -0.343 e. The largest absolute Gasteiger partial charge is 0.416 e. The number of amides is 1. The first-order chi connectivity index (χ1) is 12.1. The van der Waals surface area contributed by atoms with E-state index in [2.05, 4.69) is 0 Å². The molecular formula is C17H23F3N2O3S. The van der Waals surface area contributed by atoms with Gasteiger partial charge < -0.3 is 4.90 Å². The molecule has 1 fully saturated rings. The molecule has 9 heteroatoms. The van der Waals surface area contributed by atoms with Crippen molar-refractivity contribution in [2.75, 3.05) is 30.2 Å². The molecule has 1 amide bonds. The first-order valence-corrected chi connectivity index (χ1v) is 10.4. The topological polar surface area (TPSA) is 57.7 Å². The van der Waals surface area contributed by atoms with Crippen molar-refractivity contribution >= 4 is 21.6 Å². The number of carbonyl (C=O) groups is 1. The van der Waals surface area contributed by atoms with Crippen LogP contribution < -0.4 is 4.31 Å². The molecule has 0 radical (unpaired) electrons. The second-order valence-electron chi connectivity index (χ2n) is 6.43. The summed E-state index contributed by atoms with van der Waals surface area (Å²) in [5, 5.41) is 0. The second-order valence-corrected chi connectivity index (χ2v) is 8.34. The smallest absolute Gasteiger partial charge is 0.343 e. The molecule has 0 atom stereocenters. The van der Waals surface area contributed by atoms with Crippen molar-refractivity contribution in [3.8, 4) is 0 Å². The minimum atomic E-state index is -4.55. The highest BCUT2D eigenvalue weighted by Crippen LogP contribution is 2.32. The van der Waals surface area contributed by atoms with Crippen molar-refractivity contribution in [1.29, 1.82) is 0 Å². The van der Waals surface area contributed by atoms with Gasteiger partial charge in [0.05, 0.1) is 17.5 Å². The number of rotatable bonds is 6. The second kappa shape index (κ2) is 8.28. The number of sulfonamides is 1. The van der Waals surface area contributed by atoms with Crippen molar-refractivity contribution in [3.63, 3.8) is 0 Å². The summed E-state index contributed by atoms with van der Waals surface area (Å²) in [6.07, 6.45) is -0.162. The zero-order chi connectivity index (χ0) is 19.4. The van der Waals surface area contributed by atoms with Gasteiger partial charge in [-0.05, 0) is 43.9 Å². The predicted molar refractivity (Wildman–Crippen MR) is 93.3 cm³/mol. The van der Waals surface area contributed by atoms with E-state index in [0.717, 1.165) is 42.0 Å². The van der Waals surface area contributed by atoms with Crippen molar-refractivity contribution in [1.82, 2.24) is 4.90 Å². The highest BCUT2D eigenvalue weighted by atomic mass is 32.2. The Morgan fingerprint density at radius 3 is 2.42 bits per heavy atom. The normalized spacial score (nSPS) is 15.8. The van der Waals surface area contributed by atoms with Gasteiger partial charge in [-0.15, -0.1) is 0 Å². The van der Waals surface area contributed by atoms with Gasteiger partial charge in [-0.3, -0.25) is 9.10 Å². The Kier molecular flexibility index (Phi) is 6.54. The van der Waals surface area contributed by atoms with Gasteiger partial charge in [0.25, 0.3) is 0 Å². The number of piperidine rings is 1. The van der Waals surface area contributed by atoms with Crippen molar-refractivity contribution in [2.45, 2.75) is 38.3 Å². The highest BCUT2D eigenvalue weighted by Gasteiger charge is 2.31. The molecule has 1 aromatic rings. The maximum atomic E-state index is 12.9. The summed E-state index contributed by atoms with van der Waals surface area (Å²) < 4.78 is 63.6. The van der Waals surface area contributed by atoms with Gasteiger partial charge in [0.15, 0.2) is 0 Å². The SMILES string of the molecule is CS(=O)(=O)N(CCCC(=O)N1CCCCC1)c1cccc(C(F)(F)F)c1. The molecule has 0 saturated carbocycles. The molecule has 0 unspecified atom stereocenters. The Bertz CT molecular complexity index is 729. The average Bonchev–Trinajstić information content (AvgIpc) is 2.57. The molecule has 1 aromatic carbocycles. The number of hydrogen-bond donors (Lipinski definition) is 0. The fourth-order valence-electron chi connectivity index (χ4n) is 3.00. The van der Waals surface area contributed by atoms with Gasteiger partial charge >= 0.3 is 6.18 Å². The van der Waals surface area contributed by atoms with Crippen LogP contribution in [-0.2, 0) is 21.0 Å². The van der Waals surface area contributed by atoms with Crippen molar-refractivity contribution in [2.24, 2.45) is 0 Å². The third-order valence-electron chi connectivity index (χ3n) is 4.32. The molecule has 0 spiro atoms. The summed E-state index contributed by atoms with van der Waals surface area (Å²) in [4.78, 5) is 13.9. The minimum absolute atomic E-state index is 0.0396. The number of benzene rings is 1. The Morgan fingerprint density at radius 1 is 1.19 bits per heavy atom. The van der Waals surface area contributed by atoms with Crippen LogP contribution in [0, 0.1) is 0 Å². The van der Waals surface area contributed by atoms with E-state index < -0.39 is 21.8 Å². The van der Waals surface area contributed by atoms with E-state index in [4.69, 9.17) is 0 Å². The molecule has 0 N–H and O–H groups in total. The van der Waals surface area contributed by atoms with E-state index in [9.17, 15) is 26.4 Å². The molecule has 0 bridgehead atoms. The molecule has 5 nitrogen and oxygen atoms in total. The number of likely N-dealkylation sites (tertiary alicyclic amines) is 1. The summed E-state index contributed by atoms with van der Waals surface area (Å²) in [6, 6.07) is 4.20. The van der Waals surface area contributed by atoms with Gasteiger partial charge in [-0.25, -0.2) is 8.42 Å². The van der Waals surface area contributed by atoms with Gasteiger partial charge in [-0.2, -0.15) is 13.2 Å². The molecular weight excluding hydrogens is 369 g/mol. The summed E-state index contributed by atoms with van der Waals surface area (Å²) in [7, 11) is -3.76. The third kappa shape index (κ3) is 5.62. The third-order valence-corrected chi connectivity index (χ3v) is 5.52. The molecule has 1 saturated heterocycles. The Morgan fingerprint density at radius 2 is 1.85 bits per heavy atom. The molecule has 1 heterocycles. The molecule has 1 aliphatic rings. The van der Waals surface area contributed by atoms with E-state index in [1.54, 1.807) is 4.90 Å². The Hall–Kier alpha value is -1.77. The lowest BCUT2D eigenvalue weighted by Crippen LogP contribution is -2.36. The van der Waals surface area contributed by atoms with Crippen LogP contribution in [0.1, 0.15) is 37.7 Å². The van der Waals surface area contributed by atoms with Crippen LogP contribution in [0.5, 0.6) is 0 Å². The fraction of sp³-hybridized carbons (Fsp3) is 0.588. The summed E-state index contributed by atoms with van der Waals surface area (Å²) in [5.41, 5.74) is -0.958. The number of nitrogens with zero attached hydrogens (tertiary/aromatic N) is 2. The van der Waals surface area contributed by atoms with Crippen LogP contribution in [0.3, 0.4) is 0 Å². The average molecular weight is 392 g/mol. The van der Waals surface area contributed by atoms with Crippen LogP contribution in [0.15, 0.2) is 24.3 Å². The van der Waals surface area contributed by atoms with Crippen molar-refractivity contribution in [3.05, 3.63) is 29.8 Å². The van der Waals surface area contributed by atoms with Crippen LogP contribution >= 0.6 is 0 Å². The Balaban J connectivity index is 2.06. The van der Waals surface area contributed by atoms with E-state index >= 15 is 0 Å². The molecule has 0 aliphatic carbocycles. The maximum Gasteiger partial charge on any atom is 0.416 e. The van der Waals surface area contributed by atoms with Gasteiger partial charge in [0.1, 0.15) is 0 Å². The number of carbonyl (C=O) groups excluding carboxylic acids is 1. The van der Waals surface area contributed by atoms with E-state index in [1.807, 2.05) is 0 Å². The summed E-state index contributed by atoms with van der Waals surface area (Å²) >= 11 is 0. The van der Waals surface area contributed by atoms with E-state index in [0.29, 0.717) is 13.1 Å². The van der Waals surface area contributed by atoms with Crippen LogP contribution in [0.4, 0.5) is 18.9 Å². The maximum absolute atomic E-state index is 12.9. The van der Waals surface area contributed by atoms with Crippen LogP contribution in [-0.4, -0.2) is 45.1 Å². The number of halogens is 3. The van der Waals surface area contributed by atoms with Crippen LogP contribution in [0.2, 0.25) is 0 Å². The molecule has 2 rings (SSSR count). The standard InChI is InChI=1S/C17H23F3N2O3S/c1-26(24,25)22(15-8-5-7-14(13-15)17(18,19)20)12-6-9-16(23)21-10-3-2-4-11-21/h5,7-8,13H,2-4,6,9-12H2,1H3. The molecule has 146 valence electrons. The molecule has 0 aromatic heterocycles. The lowest BCUT2D eigenvalue weighted by Gasteiger charge is -2.27. The number of alkyl halides is 3. The summed E-state index contributed by atoms with van der Waals surface area (Å²) in [6.45, 7) is 1.38. The van der Waals surface area contributed by atoms with Gasteiger partial charge in [0, 0.05) is 26.1 Å². The summed E-state index contributed by atoms with van der Waals surface area (Å²) in [5.74, 6) is -0.0396. The monoisotopic (exact) mass is 392 g/mol. The first kappa shape index (κ1) is 20.5. The van der Waals surface area contributed by atoms with Crippen LogP contribution in [0.25, 0.3) is 0 Å². The van der Waals surface area contributed by atoms with Crippen molar-refractivity contribution < 1.29 is 26.4 Å². The quantitative estimate of drug-likeness (QED) is 0.747. The Labute approximate surface area is 151 Å². The lowest BCUT2D eigenvalue weighted by molar-refractivity contribution is -0.137. The molecule has 26 heavy (non-hydrogen) atoms. The highest BCUT2D eigenvalue weighted by molar-refractivity contribution is 7.92. The number of hydrogen-bond acceptors (Lipinski definition) is 3. The van der Waals surface area contributed by atoms with Gasteiger partial charge in [-0.1, -0.05) is 6.07 Å². The first-order valence-electron chi connectivity index (χ1n) is 8.52. The number of anilines is 1. The molecule has 1 aliphatic heterocycles. The fourth-order valence-corrected chi connectivity index (χ4v) is 3.96. The zero-order valence-corrected chi connectivity index (χ0v) is 15.4. The van der Waals surface area contributed by atoms with E-state index in [1.165, 1.54) is 12.1 Å². The predicted octanol–water partition coefficient (Wildman–Crippen LogP) is 3.26. The zero-order valence-electron chi connectivity index (χ0n) is 14.6. The lowest BCUT2D eigenvalue weighted by atomic mass is 10.1.